The number of fused-ring (bicyclic) bond motifs is 1. The summed E-state index contributed by atoms with van der Waals surface area (Å²) < 4.78 is 5.75. The van der Waals surface area contributed by atoms with Crippen molar-refractivity contribution in [2.45, 2.75) is 38.1 Å². The van der Waals surface area contributed by atoms with Crippen LogP contribution in [0.5, 0.6) is 0 Å². The fourth-order valence-corrected chi connectivity index (χ4v) is 3.42. The van der Waals surface area contributed by atoms with E-state index in [-0.39, 0.29) is 29.9 Å². The smallest absolute Gasteiger partial charge is 0.276 e. The summed E-state index contributed by atoms with van der Waals surface area (Å²) in [6, 6.07) is 9.21. The van der Waals surface area contributed by atoms with Gasteiger partial charge in [-0.1, -0.05) is 18.2 Å². The summed E-state index contributed by atoms with van der Waals surface area (Å²) in [5, 5.41) is 22.0. The summed E-state index contributed by atoms with van der Waals surface area (Å²) in [5.41, 5.74) is 2.68. The molecule has 8 heteroatoms. The van der Waals surface area contributed by atoms with Gasteiger partial charge in [0, 0.05) is 30.1 Å². The molecule has 1 unspecified atom stereocenters. The molecule has 1 fully saturated rings. The Hall–Kier alpha value is -2.71. The third-order valence-corrected chi connectivity index (χ3v) is 5.08. The number of aromatic amines is 1. The second-order valence-corrected chi connectivity index (χ2v) is 7.05. The number of ether oxygens (including phenoxy) is 1. The molecule has 0 spiro atoms. The minimum Gasteiger partial charge on any atom is -0.393 e. The van der Waals surface area contributed by atoms with Gasteiger partial charge in [-0.2, -0.15) is 5.10 Å². The first kappa shape index (κ1) is 17.7. The molecule has 1 aromatic heterocycles. The standard InChI is InChI=1S/C19H22N4O4/c24-13-6-11(7-13)18(25)20-9-14-8-15-16(10-27-14)22-23-17(15)19(26)21-12-4-2-1-3-5-12/h1-5,11,13-14,24H,6-10H2,(H,20,25)(H,21,26)(H,22,23). The number of aromatic nitrogens is 2. The summed E-state index contributed by atoms with van der Waals surface area (Å²) in [5.74, 6) is -0.434. The molecule has 27 heavy (non-hydrogen) atoms. The number of anilines is 1. The van der Waals surface area contributed by atoms with Crippen molar-refractivity contribution in [2.24, 2.45) is 5.92 Å². The second-order valence-electron chi connectivity index (χ2n) is 7.05. The highest BCUT2D eigenvalue weighted by atomic mass is 16.5. The number of H-pyrrole nitrogens is 1. The Morgan fingerprint density at radius 3 is 2.78 bits per heavy atom. The second kappa shape index (κ2) is 7.50. The van der Waals surface area contributed by atoms with Gasteiger partial charge in [0.1, 0.15) is 0 Å². The number of amides is 2. The molecule has 142 valence electrons. The lowest BCUT2D eigenvalue weighted by Gasteiger charge is -2.31. The first-order chi connectivity index (χ1) is 13.1. The van der Waals surface area contributed by atoms with Crippen LogP contribution in [0.4, 0.5) is 5.69 Å². The van der Waals surface area contributed by atoms with Crippen molar-refractivity contribution in [2.75, 3.05) is 11.9 Å². The zero-order chi connectivity index (χ0) is 18.8. The van der Waals surface area contributed by atoms with Crippen LogP contribution in [0.15, 0.2) is 30.3 Å². The van der Waals surface area contributed by atoms with Crippen LogP contribution in [0.1, 0.15) is 34.6 Å². The van der Waals surface area contributed by atoms with Crippen LogP contribution >= 0.6 is 0 Å². The Balaban J connectivity index is 1.36. The normalized spacial score (nSPS) is 23.8. The summed E-state index contributed by atoms with van der Waals surface area (Å²) in [6.45, 7) is 0.694. The van der Waals surface area contributed by atoms with Crippen LogP contribution in [0.2, 0.25) is 0 Å². The zero-order valence-corrected chi connectivity index (χ0v) is 14.8. The molecular formula is C19H22N4O4. The molecule has 0 bridgehead atoms. The van der Waals surface area contributed by atoms with E-state index in [0.29, 0.717) is 43.8 Å². The number of hydrogen-bond donors (Lipinski definition) is 4. The van der Waals surface area contributed by atoms with E-state index in [1.165, 1.54) is 0 Å². The summed E-state index contributed by atoms with van der Waals surface area (Å²) in [7, 11) is 0. The Bertz CT molecular complexity index is 829. The molecule has 4 N–H and O–H groups in total. The molecule has 2 amide bonds. The topological polar surface area (TPSA) is 116 Å². The molecule has 0 saturated heterocycles. The zero-order valence-electron chi connectivity index (χ0n) is 14.8. The number of hydrogen-bond acceptors (Lipinski definition) is 5. The Morgan fingerprint density at radius 1 is 1.26 bits per heavy atom. The van der Waals surface area contributed by atoms with Crippen molar-refractivity contribution in [3.05, 3.63) is 47.3 Å². The number of carbonyl (C=O) groups is 2. The van der Waals surface area contributed by atoms with Crippen molar-refractivity contribution < 1.29 is 19.4 Å². The monoisotopic (exact) mass is 370 g/mol. The Morgan fingerprint density at radius 2 is 2.04 bits per heavy atom. The third kappa shape index (κ3) is 3.86. The highest BCUT2D eigenvalue weighted by molar-refractivity contribution is 6.04. The number of rotatable bonds is 5. The highest BCUT2D eigenvalue weighted by Crippen LogP contribution is 2.27. The Labute approximate surface area is 156 Å². The number of benzene rings is 1. The van der Waals surface area contributed by atoms with Gasteiger partial charge >= 0.3 is 0 Å². The van der Waals surface area contributed by atoms with E-state index in [4.69, 9.17) is 4.74 Å². The fraction of sp³-hybridized carbons (Fsp3) is 0.421. The average molecular weight is 370 g/mol. The Kier molecular flexibility index (Phi) is 4.91. The van der Waals surface area contributed by atoms with Gasteiger partial charge in [-0.25, -0.2) is 0 Å². The van der Waals surface area contributed by atoms with Gasteiger partial charge in [-0.3, -0.25) is 14.7 Å². The first-order valence-corrected chi connectivity index (χ1v) is 9.10. The molecular weight excluding hydrogens is 348 g/mol. The third-order valence-electron chi connectivity index (χ3n) is 5.08. The van der Waals surface area contributed by atoms with Gasteiger partial charge in [-0.05, 0) is 25.0 Å². The molecule has 4 rings (SSSR count). The van der Waals surface area contributed by atoms with Crippen LogP contribution in [-0.2, 0) is 22.6 Å². The lowest BCUT2D eigenvalue weighted by molar-refractivity contribution is -0.132. The van der Waals surface area contributed by atoms with Crippen LogP contribution in [0.25, 0.3) is 0 Å². The van der Waals surface area contributed by atoms with Crippen LogP contribution in [0, 0.1) is 5.92 Å². The maximum absolute atomic E-state index is 12.6. The van der Waals surface area contributed by atoms with Crippen LogP contribution < -0.4 is 10.6 Å². The van der Waals surface area contributed by atoms with E-state index < -0.39 is 0 Å². The number of carbonyl (C=O) groups excluding carboxylic acids is 2. The lowest BCUT2D eigenvalue weighted by Crippen LogP contribution is -2.44. The number of nitrogens with one attached hydrogen (secondary N) is 3. The highest BCUT2D eigenvalue weighted by Gasteiger charge is 2.34. The van der Waals surface area contributed by atoms with Gasteiger partial charge in [0.25, 0.3) is 5.91 Å². The summed E-state index contributed by atoms with van der Waals surface area (Å²) in [4.78, 5) is 24.6. The number of para-hydroxylation sites is 1. The van der Waals surface area contributed by atoms with E-state index in [0.717, 1.165) is 11.3 Å². The van der Waals surface area contributed by atoms with Crippen molar-refractivity contribution in [1.29, 1.82) is 0 Å². The van der Waals surface area contributed by atoms with Crippen molar-refractivity contribution >= 4 is 17.5 Å². The van der Waals surface area contributed by atoms with Crippen molar-refractivity contribution in [1.82, 2.24) is 15.5 Å². The fourth-order valence-electron chi connectivity index (χ4n) is 3.42. The van der Waals surface area contributed by atoms with E-state index >= 15 is 0 Å². The average Bonchev–Trinajstić information content (AvgIpc) is 3.07. The minimum absolute atomic E-state index is 0.0519. The van der Waals surface area contributed by atoms with Crippen molar-refractivity contribution in [3.63, 3.8) is 0 Å². The molecule has 2 heterocycles. The first-order valence-electron chi connectivity index (χ1n) is 9.10. The largest absolute Gasteiger partial charge is 0.393 e. The lowest BCUT2D eigenvalue weighted by atomic mass is 9.82. The molecule has 1 aliphatic carbocycles. The molecule has 8 nitrogen and oxygen atoms in total. The summed E-state index contributed by atoms with van der Waals surface area (Å²) in [6.07, 6.45) is 0.968. The summed E-state index contributed by atoms with van der Waals surface area (Å²) >= 11 is 0. The van der Waals surface area contributed by atoms with Gasteiger partial charge in [-0.15, -0.1) is 0 Å². The van der Waals surface area contributed by atoms with Crippen LogP contribution in [-0.4, -0.2) is 45.9 Å². The molecule has 1 aliphatic heterocycles. The van der Waals surface area contributed by atoms with Gasteiger partial charge in [0.15, 0.2) is 5.69 Å². The maximum atomic E-state index is 12.6. The molecule has 1 saturated carbocycles. The predicted octanol–water partition coefficient (Wildman–Crippen LogP) is 0.990. The van der Waals surface area contributed by atoms with Gasteiger partial charge in [0.2, 0.25) is 5.91 Å². The van der Waals surface area contributed by atoms with Gasteiger partial charge < -0.3 is 20.5 Å². The van der Waals surface area contributed by atoms with Gasteiger partial charge in [0.05, 0.1) is 24.5 Å². The molecule has 2 aromatic rings. The SMILES string of the molecule is O=C(Nc1ccccc1)c1n[nH]c2c1CC(CNC(=O)C1CC(O)C1)OC2. The van der Waals surface area contributed by atoms with E-state index in [2.05, 4.69) is 20.8 Å². The quantitative estimate of drug-likeness (QED) is 0.626. The van der Waals surface area contributed by atoms with E-state index in [1.54, 1.807) is 0 Å². The molecule has 2 aliphatic rings. The maximum Gasteiger partial charge on any atom is 0.276 e. The number of aliphatic hydroxyl groups is 1. The van der Waals surface area contributed by atoms with E-state index in [9.17, 15) is 14.7 Å². The predicted molar refractivity (Wildman–Crippen MR) is 97.0 cm³/mol. The van der Waals surface area contributed by atoms with Crippen molar-refractivity contribution in [3.8, 4) is 0 Å². The molecule has 1 atom stereocenters. The number of nitrogens with zero attached hydrogens (tertiary/aromatic N) is 1. The van der Waals surface area contributed by atoms with Crippen LogP contribution in [0.3, 0.4) is 0 Å². The molecule has 0 radical (unpaired) electrons. The molecule has 1 aromatic carbocycles. The number of aliphatic hydroxyl groups excluding tert-OH is 1. The van der Waals surface area contributed by atoms with E-state index in [1.807, 2.05) is 30.3 Å². The minimum atomic E-state index is -0.356.